The summed E-state index contributed by atoms with van der Waals surface area (Å²) in [6.45, 7) is 7.40. The molecule has 0 saturated heterocycles. The number of hydrogen-bond donors (Lipinski definition) is 1. The van der Waals surface area contributed by atoms with Crippen molar-refractivity contribution in [3.8, 4) is 11.1 Å². The van der Waals surface area contributed by atoms with Crippen LogP contribution in [0.1, 0.15) is 43.7 Å². The van der Waals surface area contributed by atoms with Crippen LogP contribution in [0.25, 0.3) is 11.1 Å². The highest BCUT2D eigenvalue weighted by Crippen LogP contribution is 2.30. The van der Waals surface area contributed by atoms with Crippen molar-refractivity contribution in [2.75, 3.05) is 0 Å². The number of benzene rings is 1. The van der Waals surface area contributed by atoms with Gasteiger partial charge in [0, 0.05) is 23.9 Å². The first-order valence-electron chi connectivity index (χ1n) is 7.41. The third-order valence-electron chi connectivity index (χ3n) is 3.31. The number of H-pyrrole nitrogens is 1. The fourth-order valence-corrected chi connectivity index (χ4v) is 2.31. The van der Waals surface area contributed by atoms with Gasteiger partial charge < -0.3 is 9.72 Å². The Balaban J connectivity index is 2.46. The van der Waals surface area contributed by atoms with Crippen LogP contribution in [0.3, 0.4) is 0 Å². The van der Waals surface area contributed by atoms with Crippen LogP contribution in [0.5, 0.6) is 0 Å². The largest absolute Gasteiger partial charge is 0.455 e. The van der Waals surface area contributed by atoms with E-state index in [-0.39, 0.29) is 5.69 Å². The minimum absolute atomic E-state index is 0.0150. The van der Waals surface area contributed by atoms with E-state index >= 15 is 0 Å². The molecule has 23 heavy (non-hydrogen) atoms. The molecule has 1 N–H and O–H groups in total. The van der Waals surface area contributed by atoms with Crippen molar-refractivity contribution in [2.45, 2.75) is 39.7 Å². The summed E-state index contributed by atoms with van der Waals surface area (Å²) in [5.41, 5.74) is 2.22. The standard InChI is InChI=1S/C17H20N2O4/c1-5-11-10-18-15(16(20)23-17(2,3)4)14(11)12-6-8-13(9-7-12)19(21)22/h6-10,18H,5H2,1-4H3. The molecule has 6 nitrogen and oxygen atoms in total. The van der Waals surface area contributed by atoms with Crippen LogP contribution < -0.4 is 0 Å². The molecule has 2 rings (SSSR count). The molecule has 0 amide bonds. The van der Waals surface area contributed by atoms with E-state index in [2.05, 4.69) is 4.98 Å². The van der Waals surface area contributed by atoms with E-state index in [1.54, 1.807) is 39.1 Å². The normalized spacial score (nSPS) is 11.3. The number of aromatic nitrogens is 1. The number of aryl methyl sites for hydroxylation is 1. The first-order chi connectivity index (χ1) is 10.7. The minimum Gasteiger partial charge on any atom is -0.455 e. The molecule has 0 aliphatic heterocycles. The quantitative estimate of drug-likeness (QED) is 0.522. The SMILES string of the molecule is CCc1c[nH]c(C(=O)OC(C)(C)C)c1-c1ccc([N+](=O)[O-])cc1. The summed E-state index contributed by atoms with van der Waals surface area (Å²) in [5, 5.41) is 10.8. The Bertz CT molecular complexity index is 724. The number of nitro groups is 1. The lowest BCUT2D eigenvalue weighted by molar-refractivity contribution is -0.384. The van der Waals surface area contributed by atoms with Gasteiger partial charge in [-0.3, -0.25) is 10.1 Å². The van der Waals surface area contributed by atoms with Crippen LogP contribution in [0.15, 0.2) is 30.5 Å². The van der Waals surface area contributed by atoms with Gasteiger partial charge in [-0.2, -0.15) is 0 Å². The Hall–Kier alpha value is -2.63. The maximum Gasteiger partial charge on any atom is 0.355 e. The highest BCUT2D eigenvalue weighted by Gasteiger charge is 2.24. The lowest BCUT2D eigenvalue weighted by Gasteiger charge is -2.19. The smallest absolute Gasteiger partial charge is 0.355 e. The van der Waals surface area contributed by atoms with Crippen LogP contribution in [0, 0.1) is 10.1 Å². The molecule has 0 aliphatic rings. The van der Waals surface area contributed by atoms with Gasteiger partial charge in [0.25, 0.3) is 5.69 Å². The van der Waals surface area contributed by atoms with Gasteiger partial charge >= 0.3 is 5.97 Å². The zero-order valence-corrected chi connectivity index (χ0v) is 13.7. The summed E-state index contributed by atoms with van der Waals surface area (Å²) in [5.74, 6) is -0.439. The number of rotatable bonds is 4. The molecule has 6 heteroatoms. The first-order valence-corrected chi connectivity index (χ1v) is 7.41. The summed E-state index contributed by atoms with van der Waals surface area (Å²) >= 11 is 0. The minimum atomic E-state index is -0.596. The zero-order valence-electron chi connectivity index (χ0n) is 13.7. The third kappa shape index (κ3) is 3.77. The van der Waals surface area contributed by atoms with E-state index < -0.39 is 16.5 Å². The number of carbonyl (C=O) groups is 1. The molecule has 0 radical (unpaired) electrons. The molecule has 1 aromatic heterocycles. The van der Waals surface area contributed by atoms with Crippen LogP contribution in [-0.2, 0) is 11.2 Å². The van der Waals surface area contributed by atoms with Gasteiger partial charge in [-0.05, 0) is 50.5 Å². The molecule has 0 spiro atoms. The number of esters is 1. The molecule has 0 aliphatic carbocycles. The molecule has 0 saturated carbocycles. The molecule has 0 bridgehead atoms. The molecular formula is C17H20N2O4. The summed E-state index contributed by atoms with van der Waals surface area (Å²) in [6.07, 6.45) is 2.50. The number of non-ortho nitro benzene ring substituents is 1. The fraction of sp³-hybridized carbons (Fsp3) is 0.353. The highest BCUT2D eigenvalue weighted by molar-refractivity contribution is 5.97. The van der Waals surface area contributed by atoms with Crippen LogP contribution >= 0.6 is 0 Å². The predicted octanol–water partition coefficient (Wildman–Crippen LogP) is 4.11. The maximum absolute atomic E-state index is 12.4. The van der Waals surface area contributed by atoms with Crippen LogP contribution in [-0.4, -0.2) is 21.5 Å². The van der Waals surface area contributed by atoms with Crippen molar-refractivity contribution in [1.82, 2.24) is 4.98 Å². The lowest BCUT2D eigenvalue weighted by atomic mass is 9.99. The number of aromatic amines is 1. The van der Waals surface area contributed by atoms with Gasteiger partial charge in [-0.1, -0.05) is 6.92 Å². The van der Waals surface area contributed by atoms with Gasteiger partial charge in [-0.15, -0.1) is 0 Å². The lowest BCUT2D eigenvalue weighted by Crippen LogP contribution is -2.24. The molecule has 1 aromatic carbocycles. The molecule has 0 fully saturated rings. The van der Waals surface area contributed by atoms with E-state index in [0.717, 1.165) is 23.1 Å². The average Bonchev–Trinajstić information content (AvgIpc) is 2.89. The number of carbonyl (C=O) groups excluding carboxylic acids is 1. The van der Waals surface area contributed by atoms with Crippen LogP contribution in [0.4, 0.5) is 5.69 Å². The molecular weight excluding hydrogens is 296 g/mol. The molecule has 2 aromatic rings. The second-order valence-electron chi connectivity index (χ2n) is 6.22. The topological polar surface area (TPSA) is 85.2 Å². The Morgan fingerprint density at radius 1 is 1.26 bits per heavy atom. The van der Waals surface area contributed by atoms with Gasteiger partial charge in [0.15, 0.2) is 0 Å². The maximum atomic E-state index is 12.4. The van der Waals surface area contributed by atoms with E-state index in [1.165, 1.54) is 12.1 Å². The molecule has 0 atom stereocenters. The fourth-order valence-electron chi connectivity index (χ4n) is 2.31. The Kier molecular flexibility index (Phi) is 4.54. The third-order valence-corrected chi connectivity index (χ3v) is 3.31. The van der Waals surface area contributed by atoms with Crippen molar-refractivity contribution in [3.05, 3.63) is 51.8 Å². The number of nitrogens with one attached hydrogen (secondary N) is 1. The summed E-state index contributed by atoms with van der Waals surface area (Å²) in [7, 11) is 0. The first kappa shape index (κ1) is 16.7. The summed E-state index contributed by atoms with van der Waals surface area (Å²) < 4.78 is 5.43. The number of ether oxygens (including phenoxy) is 1. The van der Waals surface area contributed by atoms with Crippen molar-refractivity contribution < 1.29 is 14.5 Å². The molecule has 122 valence electrons. The van der Waals surface area contributed by atoms with E-state index in [1.807, 2.05) is 6.92 Å². The zero-order chi connectivity index (χ0) is 17.2. The van der Waals surface area contributed by atoms with Crippen molar-refractivity contribution >= 4 is 11.7 Å². The predicted molar refractivity (Wildman–Crippen MR) is 87.4 cm³/mol. The van der Waals surface area contributed by atoms with E-state index in [4.69, 9.17) is 4.74 Å². The van der Waals surface area contributed by atoms with Crippen molar-refractivity contribution in [2.24, 2.45) is 0 Å². The van der Waals surface area contributed by atoms with E-state index in [9.17, 15) is 14.9 Å². The van der Waals surface area contributed by atoms with Crippen LogP contribution in [0.2, 0.25) is 0 Å². The second-order valence-corrected chi connectivity index (χ2v) is 6.22. The van der Waals surface area contributed by atoms with Gasteiger partial charge in [0.1, 0.15) is 11.3 Å². The van der Waals surface area contributed by atoms with Gasteiger partial charge in [0.05, 0.1) is 4.92 Å². The highest BCUT2D eigenvalue weighted by atomic mass is 16.6. The average molecular weight is 316 g/mol. The van der Waals surface area contributed by atoms with Gasteiger partial charge in [0.2, 0.25) is 0 Å². The second kappa shape index (κ2) is 6.24. The Labute approximate surface area is 134 Å². The Morgan fingerprint density at radius 3 is 2.35 bits per heavy atom. The summed E-state index contributed by atoms with van der Waals surface area (Å²) in [6, 6.07) is 6.16. The number of nitrogens with zero attached hydrogens (tertiary/aromatic N) is 1. The molecule has 0 unspecified atom stereocenters. The number of nitro benzene ring substituents is 1. The van der Waals surface area contributed by atoms with Crippen molar-refractivity contribution in [1.29, 1.82) is 0 Å². The molecule has 1 heterocycles. The van der Waals surface area contributed by atoms with Gasteiger partial charge in [-0.25, -0.2) is 4.79 Å². The van der Waals surface area contributed by atoms with Crippen molar-refractivity contribution in [3.63, 3.8) is 0 Å². The van der Waals surface area contributed by atoms with E-state index in [0.29, 0.717) is 5.69 Å². The Morgan fingerprint density at radius 2 is 1.87 bits per heavy atom. The number of hydrogen-bond acceptors (Lipinski definition) is 4. The monoisotopic (exact) mass is 316 g/mol. The summed E-state index contributed by atoms with van der Waals surface area (Å²) in [4.78, 5) is 25.7.